The molecule has 1 N–H and O–H groups in total. The van der Waals surface area contributed by atoms with E-state index in [9.17, 15) is 4.79 Å². The van der Waals surface area contributed by atoms with E-state index in [1.165, 1.54) is 0 Å². The lowest BCUT2D eigenvalue weighted by Gasteiger charge is -2.10. The monoisotopic (exact) mass is 301 g/mol. The fourth-order valence-corrected chi connectivity index (χ4v) is 2.04. The normalized spacial score (nSPS) is 11.1. The predicted octanol–water partition coefficient (Wildman–Crippen LogP) is 4.39. The lowest BCUT2D eigenvalue weighted by Crippen LogP contribution is -2.13. The van der Waals surface area contributed by atoms with Crippen LogP contribution in [0.2, 0.25) is 5.02 Å². The van der Waals surface area contributed by atoms with Crippen molar-refractivity contribution in [3.8, 4) is 5.75 Å². The highest BCUT2D eigenvalue weighted by Crippen LogP contribution is 2.28. The van der Waals surface area contributed by atoms with E-state index in [0.717, 1.165) is 5.56 Å². The van der Waals surface area contributed by atoms with Gasteiger partial charge in [0.1, 0.15) is 5.75 Å². The van der Waals surface area contributed by atoms with Gasteiger partial charge in [-0.25, -0.2) is 0 Å². The van der Waals surface area contributed by atoms with Gasteiger partial charge in [0.25, 0.3) is 5.91 Å². The number of benzene rings is 2. The van der Waals surface area contributed by atoms with Crippen molar-refractivity contribution in [1.82, 2.24) is 0 Å². The lowest BCUT2D eigenvalue weighted by atomic mass is 10.1. The van der Waals surface area contributed by atoms with E-state index in [2.05, 4.69) is 5.32 Å². The zero-order valence-corrected chi connectivity index (χ0v) is 12.6. The Morgan fingerprint density at radius 1 is 1.19 bits per heavy atom. The first kappa shape index (κ1) is 15.1. The van der Waals surface area contributed by atoms with E-state index in [1.807, 2.05) is 36.4 Å². The molecule has 2 aromatic rings. The van der Waals surface area contributed by atoms with E-state index in [4.69, 9.17) is 16.3 Å². The molecule has 4 heteroatoms. The Labute approximate surface area is 129 Å². The third-order valence-corrected chi connectivity index (χ3v) is 3.19. The second-order valence-electron chi connectivity index (χ2n) is 4.54. The van der Waals surface area contributed by atoms with Gasteiger partial charge >= 0.3 is 0 Å². The van der Waals surface area contributed by atoms with Crippen molar-refractivity contribution >= 4 is 29.3 Å². The predicted molar refractivity (Wildman–Crippen MR) is 86.7 cm³/mol. The molecule has 0 bridgehead atoms. The Kier molecular flexibility index (Phi) is 5.01. The van der Waals surface area contributed by atoms with Gasteiger partial charge in [0, 0.05) is 10.6 Å². The van der Waals surface area contributed by atoms with Gasteiger partial charge in [0.2, 0.25) is 0 Å². The maximum atomic E-state index is 12.2. The summed E-state index contributed by atoms with van der Waals surface area (Å²) in [6, 6.07) is 14.8. The summed E-state index contributed by atoms with van der Waals surface area (Å²) in [5.74, 6) is 0.375. The molecule has 0 atom stereocenters. The minimum atomic E-state index is -0.195. The highest BCUT2D eigenvalue weighted by molar-refractivity contribution is 6.31. The Morgan fingerprint density at radius 2 is 1.90 bits per heavy atom. The second kappa shape index (κ2) is 6.95. The summed E-state index contributed by atoms with van der Waals surface area (Å²) in [6.07, 6.45) is 1.83. The number of anilines is 1. The van der Waals surface area contributed by atoms with Crippen molar-refractivity contribution in [2.75, 3.05) is 12.4 Å². The van der Waals surface area contributed by atoms with E-state index in [0.29, 0.717) is 22.0 Å². The number of hydrogen-bond donors (Lipinski definition) is 1. The van der Waals surface area contributed by atoms with Crippen molar-refractivity contribution in [3.05, 3.63) is 64.7 Å². The average molecular weight is 302 g/mol. The first-order chi connectivity index (χ1) is 10.1. The molecule has 21 heavy (non-hydrogen) atoms. The standard InChI is InChI=1S/C17H16ClNO2/c1-12(10-13-6-4-3-5-7-13)17(20)19-15-11-14(18)8-9-16(15)21-2/h3-11H,1-2H3,(H,19,20)/b12-10+. The summed E-state index contributed by atoms with van der Waals surface area (Å²) in [7, 11) is 1.55. The number of carbonyl (C=O) groups excluding carboxylic acids is 1. The topological polar surface area (TPSA) is 38.3 Å². The van der Waals surface area contributed by atoms with Crippen molar-refractivity contribution in [2.45, 2.75) is 6.92 Å². The second-order valence-corrected chi connectivity index (χ2v) is 4.97. The van der Waals surface area contributed by atoms with Crippen molar-refractivity contribution < 1.29 is 9.53 Å². The molecule has 0 aliphatic rings. The van der Waals surface area contributed by atoms with Gasteiger partial charge in [0.15, 0.2) is 0 Å². The molecule has 0 aliphatic carbocycles. The first-order valence-corrected chi connectivity index (χ1v) is 6.86. The first-order valence-electron chi connectivity index (χ1n) is 6.48. The van der Waals surface area contributed by atoms with Gasteiger partial charge in [0.05, 0.1) is 12.8 Å². The average Bonchev–Trinajstić information content (AvgIpc) is 2.48. The largest absolute Gasteiger partial charge is 0.495 e. The molecule has 0 aliphatic heterocycles. The number of ether oxygens (including phenoxy) is 1. The van der Waals surface area contributed by atoms with Crippen LogP contribution in [0.1, 0.15) is 12.5 Å². The molecule has 0 heterocycles. The highest BCUT2D eigenvalue weighted by Gasteiger charge is 2.09. The summed E-state index contributed by atoms with van der Waals surface area (Å²) >= 11 is 5.95. The number of nitrogens with one attached hydrogen (secondary N) is 1. The van der Waals surface area contributed by atoms with E-state index in [-0.39, 0.29) is 5.91 Å². The van der Waals surface area contributed by atoms with Gasteiger partial charge in [-0.15, -0.1) is 0 Å². The summed E-state index contributed by atoms with van der Waals surface area (Å²) in [5, 5.41) is 3.34. The quantitative estimate of drug-likeness (QED) is 0.851. The van der Waals surface area contributed by atoms with Crippen LogP contribution < -0.4 is 10.1 Å². The molecular weight excluding hydrogens is 286 g/mol. The highest BCUT2D eigenvalue weighted by atomic mass is 35.5. The van der Waals surface area contributed by atoms with Crippen LogP contribution in [0.3, 0.4) is 0 Å². The lowest BCUT2D eigenvalue weighted by molar-refractivity contribution is -0.112. The summed E-state index contributed by atoms with van der Waals surface area (Å²) < 4.78 is 5.21. The zero-order chi connectivity index (χ0) is 15.2. The molecule has 3 nitrogen and oxygen atoms in total. The van der Waals surface area contributed by atoms with Gasteiger partial charge in [-0.1, -0.05) is 41.9 Å². The SMILES string of the molecule is COc1ccc(Cl)cc1NC(=O)/C(C)=C/c1ccccc1. The fourth-order valence-electron chi connectivity index (χ4n) is 1.86. The molecule has 0 saturated heterocycles. The molecule has 0 radical (unpaired) electrons. The minimum Gasteiger partial charge on any atom is -0.495 e. The molecule has 2 rings (SSSR count). The third-order valence-electron chi connectivity index (χ3n) is 2.95. The number of carbonyl (C=O) groups is 1. The van der Waals surface area contributed by atoms with Crippen LogP contribution in [0, 0.1) is 0 Å². The molecule has 0 fully saturated rings. The van der Waals surface area contributed by atoms with Crippen molar-refractivity contribution in [1.29, 1.82) is 0 Å². The third kappa shape index (κ3) is 4.10. The van der Waals surface area contributed by atoms with Gasteiger partial charge in [-0.3, -0.25) is 4.79 Å². The van der Waals surface area contributed by atoms with Crippen molar-refractivity contribution in [2.24, 2.45) is 0 Å². The van der Waals surface area contributed by atoms with Crippen LogP contribution in [0.25, 0.3) is 6.08 Å². The fraction of sp³-hybridized carbons (Fsp3) is 0.118. The smallest absolute Gasteiger partial charge is 0.251 e. The van der Waals surface area contributed by atoms with E-state index < -0.39 is 0 Å². The number of rotatable bonds is 4. The van der Waals surface area contributed by atoms with Crippen LogP contribution in [0.4, 0.5) is 5.69 Å². The maximum absolute atomic E-state index is 12.2. The van der Waals surface area contributed by atoms with Gasteiger partial charge in [-0.2, -0.15) is 0 Å². The Bertz CT molecular complexity index is 666. The number of methoxy groups -OCH3 is 1. The Hall–Kier alpha value is -2.26. The van der Waals surface area contributed by atoms with Crippen molar-refractivity contribution in [3.63, 3.8) is 0 Å². The summed E-state index contributed by atoms with van der Waals surface area (Å²) in [4.78, 5) is 12.2. The number of amides is 1. The summed E-state index contributed by atoms with van der Waals surface area (Å²) in [6.45, 7) is 1.76. The zero-order valence-electron chi connectivity index (χ0n) is 11.9. The Morgan fingerprint density at radius 3 is 2.57 bits per heavy atom. The maximum Gasteiger partial charge on any atom is 0.251 e. The summed E-state index contributed by atoms with van der Waals surface area (Å²) in [5.41, 5.74) is 2.13. The molecule has 0 saturated carbocycles. The molecule has 1 amide bonds. The number of halogens is 1. The molecular formula is C17H16ClNO2. The molecule has 2 aromatic carbocycles. The van der Waals surface area contributed by atoms with Crippen LogP contribution in [-0.2, 0) is 4.79 Å². The van der Waals surface area contributed by atoms with Crippen LogP contribution in [-0.4, -0.2) is 13.0 Å². The number of hydrogen-bond acceptors (Lipinski definition) is 2. The van der Waals surface area contributed by atoms with Gasteiger partial charge < -0.3 is 10.1 Å². The molecule has 0 aromatic heterocycles. The molecule has 0 spiro atoms. The van der Waals surface area contributed by atoms with E-state index in [1.54, 1.807) is 32.2 Å². The Balaban J connectivity index is 2.18. The molecule has 108 valence electrons. The van der Waals surface area contributed by atoms with Crippen LogP contribution in [0.15, 0.2) is 54.1 Å². The van der Waals surface area contributed by atoms with Crippen LogP contribution in [0.5, 0.6) is 5.75 Å². The van der Waals surface area contributed by atoms with E-state index >= 15 is 0 Å². The van der Waals surface area contributed by atoms with Crippen LogP contribution >= 0.6 is 11.6 Å². The minimum absolute atomic E-state index is 0.195. The van der Waals surface area contributed by atoms with Gasteiger partial charge in [-0.05, 0) is 36.8 Å². The molecule has 0 unspecified atom stereocenters.